The first-order chi connectivity index (χ1) is 11.9. The maximum absolute atomic E-state index is 12.9. The fourth-order valence-electron chi connectivity index (χ4n) is 2.92. The Morgan fingerprint density at radius 2 is 1.80 bits per heavy atom. The number of hydroxylamine groups is 1. The van der Waals surface area contributed by atoms with Gasteiger partial charge in [-0.05, 0) is 48.7 Å². The minimum atomic E-state index is -3.72. The van der Waals surface area contributed by atoms with Crippen LogP contribution in [0.25, 0.3) is 0 Å². The molecule has 0 fully saturated rings. The van der Waals surface area contributed by atoms with E-state index in [1.54, 1.807) is 4.90 Å². The Balaban J connectivity index is 1.88. The highest BCUT2D eigenvalue weighted by molar-refractivity contribution is 7.89. The van der Waals surface area contributed by atoms with Crippen LogP contribution in [0.2, 0.25) is 0 Å². The van der Waals surface area contributed by atoms with Crippen LogP contribution < -0.4 is 4.90 Å². The smallest absolute Gasteiger partial charge is 0.264 e. The van der Waals surface area contributed by atoms with Crippen LogP contribution in [0.4, 0.5) is 5.69 Å². The molecule has 0 bridgehead atoms. The topological polar surface area (TPSA) is 66.9 Å². The summed E-state index contributed by atoms with van der Waals surface area (Å²) in [6.45, 7) is 0.655. The standard InChI is InChI=1S/C18H20N2O4S/c1-19(24-2)25(22,23)16-11-9-15(10-12-16)18(21)20-13-5-7-14-6-3-4-8-17(14)20/h3-4,6,8-12H,5,7,13H2,1-2H3. The third-order valence-electron chi connectivity index (χ3n) is 4.35. The summed E-state index contributed by atoms with van der Waals surface area (Å²) in [6.07, 6.45) is 1.87. The molecule has 0 atom stereocenters. The Bertz CT molecular complexity index is 878. The van der Waals surface area contributed by atoms with Crippen molar-refractivity contribution in [3.05, 3.63) is 59.7 Å². The second-order valence-electron chi connectivity index (χ2n) is 5.81. The van der Waals surface area contributed by atoms with Gasteiger partial charge in [-0.1, -0.05) is 22.7 Å². The number of sulfonamides is 1. The van der Waals surface area contributed by atoms with Crippen LogP contribution in [0, 0.1) is 0 Å². The van der Waals surface area contributed by atoms with Crippen LogP contribution in [0.1, 0.15) is 22.3 Å². The van der Waals surface area contributed by atoms with Gasteiger partial charge in [-0.3, -0.25) is 9.63 Å². The molecular weight excluding hydrogens is 340 g/mol. The second kappa shape index (κ2) is 6.95. The van der Waals surface area contributed by atoms with Crippen LogP contribution in [0.15, 0.2) is 53.4 Å². The number of anilines is 1. The predicted molar refractivity (Wildman–Crippen MR) is 94.8 cm³/mol. The van der Waals surface area contributed by atoms with Gasteiger partial charge in [0.1, 0.15) is 0 Å². The van der Waals surface area contributed by atoms with E-state index in [1.165, 1.54) is 38.4 Å². The summed E-state index contributed by atoms with van der Waals surface area (Å²) in [4.78, 5) is 19.4. The third-order valence-corrected chi connectivity index (χ3v) is 6.04. The van der Waals surface area contributed by atoms with E-state index in [9.17, 15) is 13.2 Å². The van der Waals surface area contributed by atoms with Gasteiger partial charge < -0.3 is 4.90 Å². The Morgan fingerprint density at radius 3 is 2.48 bits per heavy atom. The summed E-state index contributed by atoms with van der Waals surface area (Å²) in [6, 6.07) is 13.8. The zero-order valence-electron chi connectivity index (χ0n) is 14.2. The molecule has 1 aliphatic heterocycles. The molecule has 0 aromatic heterocycles. The van der Waals surface area contributed by atoms with E-state index in [0.29, 0.717) is 12.1 Å². The number of para-hydroxylation sites is 1. The summed E-state index contributed by atoms with van der Waals surface area (Å²) in [7, 11) is -1.12. The molecule has 0 unspecified atom stereocenters. The predicted octanol–water partition coefficient (Wildman–Crippen LogP) is 2.46. The number of hydrogen-bond acceptors (Lipinski definition) is 4. The third kappa shape index (κ3) is 3.30. The normalized spacial score (nSPS) is 14.4. The highest BCUT2D eigenvalue weighted by atomic mass is 32.2. The van der Waals surface area contributed by atoms with Crippen molar-refractivity contribution in [2.24, 2.45) is 0 Å². The average molecular weight is 360 g/mol. The molecule has 0 saturated heterocycles. The first-order valence-electron chi connectivity index (χ1n) is 7.98. The van der Waals surface area contributed by atoms with Crippen molar-refractivity contribution in [3.63, 3.8) is 0 Å². The van der Waals surface area contributed by atoms with Crippen LogP contribution in [-0.4, -0.2) is 39.5 Å². The lowest BCUT2D eigenvalue weighted by atomic mass is 10.0. The number of rotatable bonds is 4. The molecule has 1 heterocycles. The number of hydrogen-bond donors (Lipinski definition) is 0. The van der Waals surface area contributed by atoms with Gasteiger partial charge in [-0.2, -0.15) is 0 Å². The Labute approximate surface area is 147 Å². The maximum atomic E-state index is 12.9. The van der Waals surface area contributed by atoms with E-state index < -0.39 is 10.0 Å². The monoisotopic (exact) mass is 360 g/mol. The molecule has 0 aliphatic carbocycles. The van der Waals surface area contributed by atoms with E-state index in [4.69, 9.17) is 4.84 Å². The van der Waals surface area contributed by atoms with Crippen molar-refractivity contribution in [1.29, 1.82) is 0 Å². The zero-order chi connectivity index (χ0) is 18.0. The van der Waals surface area contributed by atoms with Gasteiger partial charge in [-0.25, -0.2) is 8.42 Å². The molecular formula is C18H20N2O4S. The van der Waals surface area contributed by atoms with Crippen molar-refractivity contribution in [1.82, 2.24) is 4.47 Å². The Morgan fingerprint density at radius 1 is 1.12 bits per heavy atom. The molecule has 2 aromatic rings. The van der Waals surface area contributed by atoms with E-state index in [1.807, 2.05) is 24.3 Å². The molecule has 6 nitrogen and oxygen atoms in total. The van der Waals surface area contributed by atoms with Crippen LogP contribution in [-0.2, 0) is 21.3 Å². The number of aryl methyl sites for hydroxylation is 1. The van der Waals surface area contributed by atoms with Crippen LogP contribution in [0.5, 0.6) is 0 Å². The number of nitrogens with zero attached hydrogens (tertiary/aromatic N) is 2. The van der Waals surface area contributed by atoms with Crippen molar-refractivity contribution in [2.75, 3.05) is 25.6 Å². The Hall–Kier alpha value is -2.22. The van der Waals surface area contributed by atoms with Gasteiger partial charge in [-0.15, -0.1) is 0 Å². The van der Waals surface area contributed by atoms with Gasteiger partial charge in [0.15, 0.2) is 0 Å². The summed E-state index contributed by atoms with van der Waals surface area (Å²) in [5.74, 6) is -0.129. The number of carbonyl (C=O) groups is 1. The SMILES string of the molecule is CON(C)S(=O)(=O)c1ccc(C(=O)N2CCCc3ccccc32)cc1. The molecule has 0 N–H and O–H groups in total. The van der Waals surface area contributed by atoms with Gasteiger partial charge >= 0.3 is 0 Å². The van der Waals surface area contributed by atoms with Gasteiger partial charge in [0.2, 0.25) is 0 Å². The highest BCUT2D eigenvalue weighted by Crippen LogP contribution is 2.28. The lowest BCUT2D eigenvalue weighted by Crippen LogP contribution is -2.35. The molecule has 1 amide bonds. The molecule has 132 valence electrons. The van der Waals surface area contributed by atoms with Crippen LogP contribution >= 0.6 is 0 Å². The molecule has 1 aliphatic rings. The molecule has 0 spiro atoms. The molecule has 25 heavy (non-hydrogen) atoms. The number of amides is 1. The fourth-order valence-corrected chi connectivity index (χ4v) is 3.89. The molecule has 7 heteroatoms. The van der Waals surface area contributed by atoms with E-state index in [0.717, 1.165) is 28.6 Å². The average Bonchev–Trinajstić information content (AvgIpc) is 2.66. The van der Waals surface area contributed by atoms with Gasteiger partial charge in [0.05, 0.1) is 12.0 Å². The van der Waals surface area contributed by atoms with Crippen molar-refractivity contribution in [2.45, 2.75) is 17.7 Å². The first-order valence-corrected chi connectivity index (χ1v) is 9.42. The molecule has 3 rings (SSSR count). The maximum Gasteiger partial charge on any atom is 0.264 e. The number of fused-ring (bicyclic) bond motifs is 1. The van der Waals surface area contributed by atoms with E-state index in [2.05, 4.69) is 0 Å². The zero-order valence-corrected chi connectivity index (χ0v) is 15.0. The summed E-state index contributed by atoms with van der Waals surface area (Å²) < 4.78 is 25.2. The van der Waals surface area contributed by atoms with Crippen molar-refractivity contribution < 1.29 is 18.0 Å². The number of carbonyl (C=O) groups excluding carboxylic acids is 1. The van der Waals surface area contributed by atoms with Crippen molar-refractivity contribution in [3.8, 4) is 0 Å². The largest absolute Gasteiger partial charge is 0.308 e. The van der Waals surface area contributed by atoms with Gasteiger partial charge in [0.25, 0.3) is 15.9 Å². The summed E-state index contributed by atoms with van der Waals surface area (Å²) in [5.41, 5.74) is 2.54. The molecule has 2 aromatic carbocycles. The minimum Gasteiger partial charge on any atom is -0.308 e. The highest BCUT2D eigenvalue weighted by Gasteiger charge is 2.25. The fraction of sp³-hybridized carbons (Fsp3) is 0.278. The quantitative estimate of drug-likeness (QED) is 0.786. The van der Waals surface area contributed by atoms with Gasteiger partial charge in [0, 0.05) is 24.8 Å². The number of benzene rings is 2. The molecule has 0 radical (unpaired) electrons. The minimum absolute atomic E-state index is 0.0763. The second-order valence-corrected chi connectivity index (χ2v) is 7.75. The lowest BCUT2D eigenvalue weighted by Gasteiger charge is -2.29. The molecule has 0 saturated carbocycles. The first kappa shape index (κ1) is 17.6. The summed E-state index contributed by atoms with van der Waals surface area (Å²) in [5, 5.41) is 0. The lowest BCUT2D eigenvalue weighted by molar-refractivity contribution is -0.0258. The summed E-state index contributed by atoms with van der Waals surface area (Å²) >= 11 is 0. The van der Waals surface area contributed by atoms with Crippen LogP contribution in [0.3, 0.4) is 0 Å². The van der Waals surface area contributed by atoms with E-state index >= 15 is 0 Å². The Kier molecular flexibility index (Phi) is 4.89. The van der Waals surface area contributed by atoms with E-state index in [-0.39, 0.29) is 10.8 Å². The van der Waals surface area contributed by atoms with Crippen molar-refractivity contribution >= 4 is 21.6 Å².